The molecule has 10 nitrogen and oxygen atoms in total. The van der Waals surface area contributed by atoms with Gasteiger partial charge in [0.2, 0.25) is 16.8 Å². The molecular weight excluding hydrogens is 528 g/mol. The number of nitrogens with zero attached hydrogens (tertiary/aromatic N) is 4. The largest absolute Gasteiger partial charge is 0.497 e. The maximum absolute atomic E-state index is 12.7. The Morgan fingerprint density at radius 2 is 1.87 bits per heavy atom. The van der Waals surface area contributed by atoms with Crippen LogP contribution in [0.4, 0.5) is 28.7 Å². The molecule has 1 saturated heterocycles. The first-order chi connectivity index (χ1) is 18.4. The zero-order valence-corrected chi connectivity index (χ0v) is 22.0. The molecule has 1 amide bonds. The van der Waals surface area contributed by atoms with Gasteiger partial charge in [-0.15, -0.1) is 0 Å². The normalized spacial score (nSPS) is 15.1. The maximum Gasteiger partial charge on any atom is 0.240 e. The van der Waals surface area contributed by atoms with Crippen molar-refractivity contribution >= 4 is 68.1 Å². The average molecular weight is 553 g/mol. The molecule has 0 radical (unpaired) electrons. The summed E-state index contributed by atoms with van der Waals surface area (Å²) in [5.74, 6) is 0.381. The number of ether oxygens (including phenoxy) is 1. The molecule has 1 fully saturated rings. The van der Waals surface area contributed by atoms with E-state index in [1.54, 1.807) is 54.6 Å². The van der Waals surface area contributed by atoms with Crippen LogP contribution in [0.2, 0.25) is 5.02 Å². The van der Waals surface area contributed by atoms with E-state index in [9.17, 15) is 13.2 Å². The number of para-hydroxylation sites is 2. The quantitative estimate of drug-likeness (QED) is 0.278. The number of rotatable bonds is 8. The highest BCUT2D eigenvalue weighted by Gasteiger charge is 2.30. The van der Waals surface area contributed by atoms with E-state index in [0.717, 1.165) is 10.7 Å². The molecule has 1 aromatic heterocycles. The third kappa shape index (κ3) is 5.02. The van der Waals surface area contributed by atoms with E-state index in [1.165, 1.54) is 7.11 Å². The number of fused-ring (bicyclic) bond motifs is 1. The van der Waals surface area contributed by atoms with Crippen molar-refractivity contribution in [3.63, 3.8) is 0 Å². The number of halogens is 1. The zero-order valence-electron chi connectivity index (χ0n) is 20.4. The fourth-order valence-corrected chi connectivity index (χ4v) is 5.32. The molecule has 0 spiro atoms. The lowest BCUT2D eigenvalue weighted by Gasteiger charge is -2.26. The standard InChI is InChI=1S/C26H25ClN6O4S/c1-37-18-11-12-19(27)22(15-18)30-25-26(31-21-9-3-2-8-20(21)29-25)33(38(35)36)17-7-4-6-16(14-17)32-13-5-10-23(32)24(28)34/h2-4,6-9,11-12,14-15,23,38H,5,10,13H2,1H3,(H2,28,34)(H,29,30)/t23-/m1/s1. The second-order valence-corrected chi connectivity index (χ2v) is 9.96. The summed E-state index contributed by atoms with van der Waals surface area (Å²) in [6.45, 7) is 0.636. The van der Waals surface area contributed by atoms with Crippen molar-refractivity contribution in [3.05, 3.63) is 71.8 Å². The Kier molecular flexibility index (Phi) is 7.21. The lowest BCUT2D eigenvalue weighted by Crippen LogP contribution is -2.40. The number of amides is 1. The first-order valence-electron chi connectivity index (χ1n) is 11.8. The minimum Gasteiger partial charge on any atom is -0.497 e. The Morgan fingerprint density at radius 1 is 1.11 bits per heavy atom. The lowest BCUT2D eigenvalue weighted by atomic mass is 10.2. The van der Waals surface area contributed by atoms with Crippen molar-refractivity contribution in [1.29, 1.82) is 0 Å². The van der Waals surface area contributed by atoms with Crippen LogP contribution in [0.25, 0.3) is 11.0 Å². The van der Waals surface area contributed by atoms with Crippen LogP contribution in [0.15, 0.2) is 66.7 Å². The summed E-state index contributed by atoms with van der Waals surface area (Å²) in [5, 5.41) is 3.53. The van der Waals surface area contributed by atoms with Crippen LogP contribution >= 0.6 is 11.6 Å². The third-order valence-electron chi connectivity index (χ3n) is 6.33. The minimum atomic E-state index is -3.20. The van der Waals surface area contributed by atoms with Gasteiger partial charge in [-0.1, -0.05) is 29.8 Å². The number of nitrogens with two attached hydrogens (primary N) is 1. The number of thiol groups is 1. The van der Waals surface area contributed by atoms with E-state index in [4.69, 9.17) is 22.1 Å². The highest BCUT2D eigenvalue weighted by atomic mass is 35.5. The molecule has 0 aliphatic carbocycles. The Bertz CT molecular complexity index is 1590. The molecular formula is C26H25ClN6O4S. The molecule has 196 valence electrons. The molecule has 0 bridgehead atoms. The minimum absolute atomic E-state index is 0.0590. The van der Waals surface area contributed by atoms with Crippen LogP contribution in [0.5, 0.6) is 5.75 Å². The van der Waals surface area contributed by atoms with E-state index in [-0.39, 0.29) is 11.6 Å². The molecule has 1 aliphatic rings. The highest BCUT2D eigenvalue weighted by Crippen LogP contribution is 2.37. The number of benzene rings is 3. The molecule has 3 aromatic carbocycles. The van der Waals surface area contributed by atoms with Gasteiger partial charge in [-0.3, -0.25) is 4.79 Å². The lowest BCUT2D eigenvalue weighted by molar-refractivity contribution is -0.119. The monoisotopic (exact) mass is 552 g/mol. The van der Waals surface area contributed by atoms with Crippen molar-refractivity contribution < 1.29 is 17.9 Å². The van der Waals surface area contributed by atoms with E-state index >= 15 is 0 Å². The average Bonchev–Trinajstić information content (AvgIpc) is 3.41. The summed E-state index contributed by atoms with van der Waals surface area (Å²) in [7, 11) is -1.67. The zero-order chi connectivity index (χ0) is 26.8. The maximum atomic E-state index is 12.7. The van der Waals surface area contributed by atoms with Crippen LogP contribution in [0, 0.1) is 0 Å². The van der Waals surface area contributed by atoms with E-state index in [0.29, 0.717) is 51.8 Å². The van der Waals surface area contributed by atoms with Crippen LogP contribution in [-0.2, 0) is 15.7 Å². The number of aromatic nitrogens is 2. The summed E-state index contributed by atoms with van der Waals surface area (Å²) in [6.07, 6.45) is 1.45. The van der Waals surface area contributed by atoms with Gasteiger partial charge in [0.05, 0.1) is 34.5 Å². The van der Waals surface area contributed by atoms with Crippen molar-refractivity contribution in [2.24, 2.45) is 5.73 Å². The first kappa shape index (κ1) is 25.6. The number of carbonyl (C=O) groups excluding carboxylic acids is 1. The molecule has 5 rings (SSSR count). The molecule has 0 saturated carbocycles. The number of methoxy groups -OCH3 is 1. The van der Waals surface area contributed by atoms with Gasteiger partial charge >= 0.3 is 0 Å². The topological polar surface area (TPSA) is 131 Å². The Morgan fingerprint density at radius 3 is 2.58 bits per heavy atom. The van der Waals surface area contributed by atoms with E-state index in [1.807, 2.05) is 17.0 Å². The molecule has 38 heavy (non-hydrogen) atoms. The Labute approximate surface area is 226 Å². The molecule has 3 N–H and O–H groups in total. The number of hydrogen-bond acceptors (Lipinski definition) is 8. The molecule has 1 aliphatic heterocycles. The Balaban J connectivity index is 1.64. The van der Waals surface area contributed by atoms with Crippen LogP contribution in [0.3, 0.4) is 0 Å². The van der Waals surface area contributed by atoms with Crippen LogP contribution in [0.1, 0.15) is 12.8 Å². The Hall–Kier alpha value is -4.09. The number of nitrogens with one attached hydrogen (secondary N) is 1. The summed E-state index contributed by atoms with van der Waals surface area (Å²) in [5.41, 5.74) is 8.16. The number of primary amides is 1. The second-order valence-electron chi connectivity index (χ2n) is 8.68. The summed E-state index contributed by atoms with van der Waals surface area (Å²) >= 11 is 6.42. The van der Waals surface area contributed by atoms with Gasteiger partial charge in [0.15, 0.2) is 11.6 Å². The molecule has 1 atom stereocenters. The van der Waals surface area contributed by atoms with Gasteiger partial charge in [0.1, 0.15) is 11.8 Å². The number of carbonyl (C=O) groups is 1. The van der Waals surface area contributed by atoms with Crippen molar-refractivity contribution in [2.45, 2.75) is 18.9 Å². The highest BCUT2D eigenvalue weighted by molar-refractivity contribution is 7.74. The third-order valence-corrected chi connectivity index (χ3v) is 7.41. The number of anilines is 5. The summed E-state index contributed by atoms with van der Waals surface area (Å²) in [6, 6.07) is 18.7. The molecule has 0 unspecified atom stereocenters. The molecule has 12 heteroatoms. The van der Waals surface area contributed by atoms with Gasteiger partial charge in [0, 0.05) is 18.3 Å². The fraction of sp³-hybridized carbons (Fsp3) is 0.192. The smallest absolute Gasteiger partial charge is 0.240 e. The van der Waals surface area contributed by atoms with Crippen LogP contribution in [-0.4, -0.2) is 44.0 Å². The van der Waals surface area contributed by atoms with Crippen molar-refractivity contribution in [1.82, 2.24) is 9.97 Å². The van der Waals surface area contributed by atoms with Gasteiger partial charge in [-0.2, -0.15) is 0 Å². The van der Waals surface area contributed by atoms with Gasteiger partial charge < -0.3 is 20.7 Å². The van der Waals surface area contributed by atoms with Crippen molar-refractivity contribution in [3.8, 4) is 5.75 Å². The van der Waals surface area contributed by atoms with E-state index in [2.05, 4.69) is 15.3 Å². The summed E-state index contributed by atoms with van der Waals surface area (Å²) in [4.78, 5) is 23.2. The van der Waals surface area contributed by atoms with E-state index < -0.39 is 22.8 Å². The first-order valence-corrected chi connectivity index (χ1v) is 13.3. The predicted octanol–water partition coefficient (Wildman–Crippen LogP) is 4.15. The van der Waals surface area contributed by atoms with Gasteiger partial charge in [0.25, 0.3) is 0 Å². The number of hydrogen-bond donors (Lipinski definition) is 3. The molecule has 4 aromatic rings. The fourth-order valence-electron chi connectivity index (χ4n) is 4.55. The molecule has 2 heterocycles. The van der Waals surface area contributed by atoms with Crippen molar-refractivity contribution in [2.75, 3.05) is 28.2 Å². The predicted molar refractivity (Wildman–Crippen MR) is 149 cm³/mol. The second kappa shape index (κ2) is 10.7. The summed E-state index contributed by atoms with van der Waals surface area (Å²) < 4.78 is 31.9. The van der Waals surface area contributed by atoms with Gasteiger partial charge in [-0.05, 0) is 55.3 Å². The SMILES string of the molecule is COc1ccc(Cl)c(Nc2nc3ccccc3nc2N(c2cccc(N3CCC[C@@H]3C(N)=O)c2)[SH](=O)=O)c1. The van der Waals surface area contributed by atoms with Gasteiger partial charge in [-0.25, -0.2) is 22.7 Å². The van der Waals surface area contributed by atoms with Crippen LogP contribution < -0.4 is 25.0 Å².